The minimum Gasteiger partial charge on any atom is -0.296 e. The predicted octanol–water partition coefficient (Wildman–Crippen LogP) is 26.7. The number of rotatable bonds is 6. The quantitative estimate of drug-likeness (QED) is 0.123. The number of aromatic nitrogens is 5. The molecule has 11 heteroatoms. The molecular weight excluding hydrogens is 2290 g/mol. The van der Waals surface area contributed by atoms with Crippen LogP contribution in [-0.2, 0) is 101 Å². The average Bonchev–Trinajstić information content (AvgIpc) is 0.758. The molecule has 5 radical (unpaired) electrons. The summed E-state index contributed by atoms with van der Waals surface area (Å²) in [5.41, 5.74) is 19.5. The Morgan fingerprint density at radius 1 is 0.228 bits per heavy atom. The number of benzene rings is 16. The topological polar surface area (TPSA) is 64.5 Å². The van der Waals surface area contributed by atoms with Crippen molar-refractivity contribution < 1.29 is 105 Å². The van der Waals surface area contributed by atoms with Gasteiger partial charge in [-0.2, -0.15) is 0 Å². The second-order valence-electron chi connectivity index (χ2n) is 26.8. The van der Waals surface area contributed by atoms with Crippen molar-refractivity contribution in [3.8, 4) is 67.4 Å². The van der Waals surface area contributed by atoms with Crippen molar-refractivity contribution in [2.45, 2.75) is 13.8 Å². The maximum atomic E-state index is 13.0. The van der Waals surface area contributed by atoms with Gasteiger partial charge in [0.2, 0.25) is 0 Å². The van der Waals surface area contributed by atoms with E-state index in [1.807, 2.05) is 78.9 Å². The molecule has 0 fully saturated rings. The molecule has 5 nitrogen and oxygen atoms in total. The summed E-state index contributed by atoms with van der Waals surface area (Å²) in [5, 5.41) is 18.3. The van der Waals surface area contributed by atoms with Crippen LogP contribution in [0.1, 0.15) is 11.1 Å². The zero-order chi connectivity index (χ0) is 73.4. The molecular formula is C103H67FIr5N5-5. The molecule has 5 aromatic heterocycles. The molecule has 0 saturated carbocycles. The molecule has 21 aromatic rings. The van der Waals surface area contributed by atoms with E-state index in [4.69, 9.17) is 19.9 Å². The number of hydrogen-bond donors (Lipinski definition) is 0. The predicted molar refractivity (Wildman–Crippen MR) is 452 cm³/mol. The van der Waals surface area contributed by atoms with Crippen LogP contribution in [0.15, 0.2) is 370 Å². The van der Waals surface area contributed by atoms with Gasteiger partial charge in [-0.3, -0.25) is 29.3 Å². The van der Waals surface area contributed by atoms with Crippen molar-refractivity contribution in [1.82, 2.24) is 24.9 Å². The number of fused-ring (bicyclic) bond motifs is 15. The van der Waals surface area contributed by atoms with Gasteiger partial charge in [-0.15, -0.1) is 172 Å². The first-order valence-corrected chi connectivity index (χ1v) is 36.4. The fourth-order valence-electron chi connectivity index (χ4n) is 14.2. The van der Waals surface area contributed by atoms with Gasteiger partial charge in [-0.25, -0.2) is 0 Å². The van der Waals surface area contributed by atoms with E-state index >= 15 is 0 Å². The third-order valence-electron chi connectivity index (χ3n) is 19.7. The Balaban J connectivity index is 0.000000131. The number of hydrogen-bond acceptors (Lipinski definition) is 5. The van der Waals surface area contributed by atoms with Crippen LogP contribution in [-0.4, -0.2) is 24.9 Å². The Labute approximate surface area is 729 Å². The molecule has 21 rings (SSSR count). The smallest absolute Gasteiger partial charge is 0.0608 e. The normalized spacial score (nSPS) is 10.6. The average molecular weight is 2350 g/mol. The second-order valence-corrected chi connectivity index (χ2v) is 26.8. The molecule has 0 saturated heterocycles. The molecule has 5 heterocycles. The molecule has 0 spiro atoms. The summed E-state index contributed by atoms with van der Waals surface area (Å²) in [6.07, 6.45) is 0. The van der Waals surface area contributed by atoms with E-state index in [2.05, 4.69) is 322 Å². The van der Waals surface area contributed by atoms with Gasteiger partial charge in [0, 0.05) is 133 Å². The van der Waals surface area contributed by atoms with Gasteiger partial charge < -0.3 is 0 Å². The first-order chi connectivity index (χ1) is 53.7. The molecule has 0 N–H and O–H groups in total. The Kier molecular flexibility index (Phi) is 27.7. The van der Waals surface area contributed by atoms with Crippen molar-refractivity contribution in [3.05, 3.63) is 417 Å². The summed E-state index contributed by atoms with van der Waals surface area (Å²) in [6, 6.07) is 141. The molecule has 0 amide bonds. The zero-order valence-corrected chi connectivity index (χ0v) is 73.5. The first kappa shape index (κ1) is 82.5. The third-order valence-corrected chi connectivity index (χ3v) is 19.7. The maximum absolute atomic E-state index is 13.0. The summed E-state index contributed by atoms with van der Waals surface area (Å²) < 4.78 is 13.0. The van der Waals surface area contributed by atoms with Crippen molar-refractivity contribution >= 4 is 108 Å². The van der Waals surface area contributed by atoms with E-state index in [1.54, 1.807) is 6.07 Å². The molecule has 0 unspecified atom stereocenters. The van der Waals surface area contributed by atoms with Crippen LogP contribution in [0.5, 0.6) is 0 Å². The van der Waals surface area contributed by atoms with Gasteiger partial charge in [-0.05, 0) is 124 Å². The van der Waals surface area contributed by atoms with Gasteiger partial charge in [0.25, 0.3) is 0 Å². The summed E-state index contributed by atoms with van der Waals surface area (Å²) in [7, 11) is 0. The minimum absolute atomic E-state index is 0. The Morgan fingerprint density at radius 3 is 0.982 bits per heavy atom. The van der Waals surface area contributed by atoms with Crippen molar-refractivity contribution in [1.29, 1.82) is 0 Å². The number of aryl methyl sites for hydroxylation is 2. The van der Waals surface area contributed by atoms with E-state index in [1.165, 1.54) is 110 Å². The van der Waals surface area contributed by atoms with Crippen molar-refractivity contribution in [2.24, 2.45) is 0 Å². The monoisotopic (exact) mass is 2360 g/mol. The molecule has 114 heavy (non-hydrogen) atoms. The molecule has 0 aliphatic carbocycles. The van der Waals surface area contributed by atoms with Crippen molar-refractivity contribution in [3.63, 3.8) is 0 Å². The summed E-state index contributed by atoms with van der Waals surface area (Å²) in [6.45, 7) is 4.16. The zero-order valence-electron chi connectivity index (χ0n) is 61.5. The first-order valence-electron chi connectivity index (χ1n) is 36.4. The third kappa shape index (κ3) is 18.3. The maximum Gasteiger partial charge on any atom is 0.0608 e. The van der Waals surface area contributed by atoms with Crippen LogP contribution in [0.2, 0.25) is 0 Å². The fourth-order valence-corrected chi connectivity index (χ4v) is 14.2. The van der Waals surface area contributed by atoms with Gasteiger partial charge in [0.15, 0.2) is 0 Å². The molecule has 0 aliphatic rings. The largest absolute Gasteiger partial charge is 0.296 e. The number of nitrogens with zero attached hydrogens (tertiary/aromatic N) is 5. The SMILES string of the molecule is Cc1c[c-]c(-c2ccc3c(ccc4ccccc43)n2)cc1.Cc1cc[c-]c(-c2ccc3c(ccc4ccccc43)n2)c1.Fc1c[c-]c(-c2ccc3c(ccc4ccccc43)n2)cc1.[Ir].[Ir].[Ir].[Ir].[Ir].[c-]1ccccc1-c1cc(-c2ccccc2)c2c(ccc3ccccc32)n1.[c-]1ccccc1-c1ccc2c(ccc3ccccc32)n1. The second kappa shape index (κ2) is 38.2. The van der Waals surface area contributed by atoms with Crippen molar-refractivity contribution in [2.75, 3.05) is 0 Å². The van der Waals surface area contributed by atoms with Crippen LogP contribution >= 0.6 is 0 Å². The van der Waals surface area contributed by atoms with E-state index in [0.717, 1.165) is 89.3 Å². The van der Waals surface area contributed by atoms with Gasteiger partial charge >= 0.3 is 0 Å². The van der Waals surface area contributed by atoms with E-state index in [0.29, 0.717) is 0 Å². The molecule has 561 valence electrons. The fraction of sp³-hybridized carbons (Fsp3) is 0.0194. The van der Waals surface area contributed by atoms with Crippen LogP contribution < -0.4 is 0 Å². The summed E-state index contributed by atoms with van der Waals surface area (Å²) >= 11 is 0. The van der Waals surface area contributed by atoms with E-state index in [9.17, 15) is 4.39 Å². The van der Waals surface area contributed by atoms with Gasteiger partial charge in [0.1, 0.15) is 0 Å². The van der Waals surface area contributed by atoms with Crippen LogP contribution in [0, 0.1) is 50.0 Å². The summed E-state index contributed by atoms with van der Waals surface area (Å²) in [4.78, 5) is 24.0. The Morgan fingerprint density at radius 2 is 0.579 bits per heavy atom. The molecule has 0 aliphatic heterocycles. The number of pyridine rings is 5. The minimum atomic E-state index is -0.287. The van der Waals surface area contributed by atoms with Crippen LogP contribution in [0.3, 0.4) is 0 Å². The molecule has 16 aromatic carbocycles. The van der Waals surface area contributed by atoms with Crippen LogP contribution in [0.25, 0.3) is 176 Å². The van der Waals surface area contributed by atoms with Crippen LogP contribution in [0.4, 0.5) is 4.39 Å². The standard InChI is InChI=1S/C25H16N.2C20H14N.C19H11FN.C19H12N.5Ir/c1-3-9-18(10-4-1)22-17-24(20-12-5-2-6-13-20)26-23-16-15-19-11-7-8-14-21(19)25(22)23;1-14-5-4-7-16(13-14)19-12-10-18-17-8-3-2-6-15(17)9-11-20(18)21-19;1-14-6-8-16(9-7-14)19-13-11-18-17-5-3-2-4-15(17)10-12-20(18)21-19;20-15-8-5-14(6-9-15)18-12-10-17-16-4-2-1-3-13(16)7-11-19(17)21-18;1-2-7-15(8-3-1)18-13-11-17-16-9-5-4-6-14(16)10-12-19(17)20-18;;;;;/h1-12,14-17H;2-6,8-13H,1H3;2-8,10-13H,1H3;1-5,7-12H;1-7,9-13H;;;;;/q5*-1;;;;;. The number of halogens is 1. The molecule has 0 atom stereocenters. The van der Waals surface area contributed by atoms with Gasteiger partial charge in [0.05, 0.1) is 27.6 Å². The summed E-state index contributed by atoms with van der Waals surface area (Å²) in [5.74, 6) is -0.287. The Hall–Kier alpha value is -11.0. The Bertz CT molecular complexity index is 6740. The van der Waals surface area contributed by atoms with E-state index in [-0.39, 0.29) is 106 Å². The van der Waals surface area contributed by atoms with E-state index < -0.39 is 0 Å². The van der Waals surface area contributed by atoms with Gasteiger partial charge in [-0.1, -0.05) is 250 Å². The molecule has 0 bridgehead atoms.